The molecular weight excluding hydrogens is 216 g/mol. The van der Waals surface area contributed by atoms with E-state index < -0.39 is 0 Å². The van der Waals surface area contributed by atoms with Crippen LogP contribution in [0.15, 0.2) is 33.7 Å². The smallest absolute Gasteiger partial charge is 0.240 e. The Kier molecular flexibility index (Phi) is 3.17. The molecule has 17 heavy (non-hydrogen) atoms. The highest BCUT2D eigenvalue weighted by molar-refractivity contribution is 5.59. The van der Waals surface area contributed by atoms with Gasteiger partial charge in [0.2, 0.25) is 12.0 Å². The molecule has 0 spiro atoms. The summed E-state index contributed by atoms with van der Waals surface area (Å²) in [6, 6.07) is 7.10. The molecule has 0 fully saturated rings. The van der Waals surface area contributed by atoms with Gasteiger partial charge in [-0.05, 0) is 37.6 Å². The number of carbonyl (C=O) groups excluding carboxylic acids is 1. The van der Waals surface area contributed by atoms with Crippen LogP contribution in [0.5, 0.6) is 0 Å². The van der Waals surface area contributed by atoms with Crippen molar-refractivity contribution in [3.05, 3.63) is 35.7 Å². The van der Waals surface area contributed by atoms with E-state index in [2.05, 4.69) is 9.98 Å². The lowest BCUT2D eigenvalue weighted by Gasteiger charge is -1.95. The minimum absolute atomic E-state index is 0.572. The Morgan fingerprint density at radius 1 is 1.35 bits per heavy atom. The van der Waals surface area contributed by atoms with E-state index in [9.17, 15) is 4.79 Å². The van der Waals surface area contributed by atoms with Crippen LogP contribution >= 0.6 is 0 Å². The zero-order valence-electron chi connectivity index (χ0n) is 9.73. The lowest BCUT2D eigenvalue weighted by molar-refractivity contribution is 0.539. The number of hydrogen-bond donors (Lipinski definition) is 0. The minimum Gasteiger partial charge on any atom is -0.441 e. The van der Waals surface area contributed by atoms with E-state index in [-0.39, 0.29) is 0 Å². The minimum atomic E-state index is 0.572. The Labute approximate surface area is 99.0 Å². The molecule has 2 rings (SSSR count). The number of hydrogen-bond acceptors (Lipinski definition) is 4. The summed E-state index contributed by atoms with van der Waals surface area (Å²) in [5.41, 5.74) is 2.41. The monoisotopic (exact) mass is 228 g/mol. The van der Waals surface area contributed by atoms with E-state index in [0.29, 0.717) is 11.6 Å². The number of aryl methyl sites for hydroxylation is 2. The van der Waals surface area contributed by atoms with E-state index in [1.54, 1.807) is 12.1 Å². The Hall–Kier alpha value is -2.19. The van der Waals surface area contributed by atoms with Crippen molar-refractivity contribution in [3.8, 4) is 11.5 Å². The summed E-state index contributed by atoms with van der Waals surface area (Å²) >= 11 is 0. The Morgan fingerprint density at radius 2 is 2.06 bits per heavy atom. The Bertz CT molecular complexity index is 564. The first-order chi connectivity index (χ1) is 8.24. The first-order valence-corrected chi connectivity index (χ1v) is 5.39. The molecule has 0 atom stereocenters. The molecule has 1 aromatic heterocycles. The van der Waals surface area contributed by atoms with E-state index >= 15 is 0 Å². The Morgan fingerprint density at radius 3 is 2.59 bits per heavy atom. The second kappa shape index (κ2) is 4.76. The maximum Gasteiger partial charge on any atom is 0.240 e. The molecule has 0 aliphatic carbocycles. The van der Waals surface area contributed by atoms with Gasteiger partial charge < -0.3 is 4.42 Å². The van der Waals surface area contributed by atoms with Crippen molar-refractivity contribution in [1.29, 1.82) is 0 Å². The van der Waals surface area contributed by atoms with Crippen molar-refractivity contribution >= 4 is 11.8 Å². The molecule has 4 nitrogen and oxygen atoms in total. The highest BCUT2D eigenvalue weighted by Gasteiger charge is 2.09. The van der Waals surface area contributed by atoms with E-state index in [0.717, 1.165) is 23.4 Å². The molecule has 0 bridgehead atoms. The summed E-state index contributed by atoms with van der Waals surface area (Å²) in [4.78, 5) is 18.0. The molecule has 2 aromatic rings. The van der Waals surface area contributed by atoms with Crippen molar-refractivity contribution in [2.24, 2.45) is 4.99 Å². The lowest BCUT2D eigenvalue weighted by Crippen LogP contribution is -1.82. The van der Waals surface area contributed by atoms with Gasteiger partial charge in [-0.1, -0.05) is 6.92 Å². The molecule has 0 amide bonds. The fourth-order valence-corrected chi connectivity index (χ4v) is 1.61. The van der Waals surface area contributed by atoms with Gasteiger partial charge in [0.15, 0.2) is 0 Å². The number of benzene rings is 1. The standard InChI is InChI=1S/C13H12N2O2/c1-3-12-9(2)17-13(15-12)10-4-6-11(7-5-10)14-8-16/h4-7H,3H2,1-2H3. The van der Waals surface area contributed by atoms with Crippen LogP contribution in [0.1, 0.15) is 18.4 Å². The van der Waals surface area contributed by atoms with Crippen LogP contribution < -0.4 is 0 Å². The van der Waals surface area contributed by atoms with E-state index in [1.807, 2.05) is 26.0 Å². The molecule has 0 saturated heterocycles. The van der Waals surface area contributed by atoms with Gasteiger partial charge in [-0.2, -0.15) is 4.99 Å². The summed E-state index contributed by atoms with van der Waals surface area (Å²) in [7, 11) is 0. The van der Waals surface area contributed by atoms with Crippen molar-refractivity contribution < 1.29 is 9.21 Å². The molecule has 0 aliphatic heterocycles. The largest absolute Gasteiger partial charge is 0.441 e. The molecular formula is C13H12N2O2. The van der Waals surface area contributed by atoms with Gasteiger partial charge in [0.1, 0.15) is 5.76 Å². The maximum absolute atomic E-state index is 10.1. The van der Waals surface area contributed by atoms with Gasteiger partial charge in [-0.3, -0.25) is 0 Å². The number of rotatable bonds is 3. The summed E-state index contributed by atoms with van der Waals surface area (Å²) in [5.74, 6) is 1.44. The number of isocyanates is 1. The van der Waals surface area contributed by atoms with Crippen molar-refractivity contribution in [2.45, 2.75) is 20.3 Å². The van der Waals surface area contributed by atoms with Crippen LogP contribution in [0.25, 0.3) is 11.5 Å². The third-order valence-electron chi connectivity index (χ3n) is 2.52. The lowest BCUT2D eigenvalue weighted by atomic mass is 10.2. The third-order valence-corrected chi connectivity index (χ3v) is 2.52. The average molecular weight is 228 g/mol. The van der Waals surface area contributed by atoms with Crippen molar-refractivity contribution in [2.75, 3.05) is 0 Å². The Balaban J connectivity index is 2.35. The first-order valence-electron chi connectivity index (χ1n) is 5.39. The summed E-state index contributed by atoms with van der Waals surface area (Å²) in [5, 5.41) is 0. The molecule has 4 heteroatoms. The first kappa shape index (κ1) is 11.3. The molecule has 0 saturated carbocycles. The fraction of sp³-hybridized carbons (Fsp3) is 0.231. The second-order valence-electron chi connectivity index (χ2n) is 3.63. The second-order valence-corrected chi connectivity index (χ2v) is 3.63. The summed E-state index contributed by atoms with van der Waals surface area (Å²) < 4.78 is 5.57. The van der Waals surface area contributed by atoms with Gasteiger partial charge >= 0.3 is 0 Å². The average Bonchev–Trinajstić information content (AvgIpc) is 2.72. The predicted molar refractivity (Wildman–Crippen MR) is 63.8 cm³/mol. The zero-order chi connectivity index (χ0) is 12.3. The number of oxazole rings is 1. The van der Waals surface area contributed by atoms with Gasteiger partial charge in [-0.25, -0.2) is 9.78 Å². The van der Waals surface area contributed by atoms with Crippen LogP contribution in [0.2, 0.25) is 0 Å². The van der Waals surface area contributed by atoms with E-state index in [4.69, 9.17) is 4.42 Å². The molecule has 0 unspecified atom stereocenters. The molecule has 1 aromatic carbocycles. The SMILES string of the molecule is CCc1nc(-c2ccc(N=C=O)cc2)oc1C. The highest BCUT2D eigenvalue weighted by atomic mass is 16.4. The zero-order valence-corrected chi connectivity index (χ0v) is 9.73. The van der Waals surface area contributed by atoms with Gasteiger partial charge in [-0.15, -0.1) is 0 Å². The molecule has 0 radical (unpaired) electrons. The van der Waals surface area contributed by atoms with Gasteiger partial charge in [0, 0.05) is 5.56 Å². The van der Waals surface area contributed by atoms with Crippen LogP contribution in [0, 0.1) is 6.92 Å². The fourth-order valence-electron chi connectivity index (χ4n) is 1.61. The maximum atomic E-state index is 10.1. The van der Waals surface area contributed by atoms with Crippen LogP contribution in [-0.2, 0) is 11.2 Å². The number of nitrogens with zero attached hydrogens (tertiary/aromatic N) is 2. The van der Waals surface area contributed by atoms with Gasteiger partial charge in [0.05, 0.1) is 11.4 Å². The van der Waals surface area contributed by atoms with Crippen LogP contribution in [0.4, 0.5) is 5.69 Å². The van der Waals surface area contributed by atoms with Crippen LogP contribution in [-0.4, -0.2) is 11.1 Å². The number of aromatic nitrogens is 1. The molecule has 1 heterocycles. The van der Waals surface area contributed by atoms with Crippen LogP contribution in [0.3, 0.4) is 0 Å². The van der Waals surface area contributed by atoms with Crippen molar-refractivity contribution in [3.63, 3.8) is 0 Å². The van der Waals surface area contributed by atoms with Crippen molar-refractivity contribution in [1.82, 2.24) is 4.98 Å². The predicted octanol–water partition coefficient (Wildman–Crippen LogP) is 3.18. The molecule has 86 valence electrons. The topological polar surface area (TPSA) is 55.5 Å². The third kappa shape index (κ3) is 2.32. The number of aliphatic imine (C=N–C) groups is 1. The van der Waals surface area contributed by atoms with Gasteiger partial charge in [0.25, 0.3) is 0 Å². The van der Waals surface area contributed by atoms with E-state index in [1.165, 1.54) is 6.08 Å². The summed E-state index contributed by atoms with van der Waals surface area (Å²) in [6.45, 7) is 3.94. The summed E-state index contributed by atoms with van der Waals surface area (Å²) in [6.07, 6.45) is 2.35. The highest BCUT2D eigenvalue weighted by Crippen LogP contribution is 2.24. The normalized spacial score (nSPS) is 10.0. The molecule has 0 aliphatic rings. The quantitative estimate of drug-likeness (QED) is 0.598. The molecule has 0 N–H and O–H groups in total.